The number of anilines is 1. The second kappa shape index (κ2) is 9.97. The number of benzene rings is 5. The molecular formula is C31H22N2OS2. The van der Waals surface area contributed by atoms with Crippen LogP contribution in [0.4, 0.5) is 5.69 Å². The Morgan fingerprint density at radius 2 is 1.42 bits per heavy atom. The van der Waals surface area contributed by atoms with Gasteiger partial charge in [0.05, 0.1) is 15.5 Å². The van der Waals surface area contributed by atoms with Crippen molar-refractivity contribution in [2.45, 2.75) is 9.59 Å². The predicted molar refractivity (Wildman–Crippen MR) is 152 cm³/mol. The molecule has 0 unspecified atom stereocenters. The second-order valence-electron chi connectivity index (χ2n) is 8.46. The smallest absolute Gasteiger partial charge is 0.256 e. The number of carbonyl (C=O) groups is 1. The Labute approximate surface area is 217 Å². The molecule has 5 heteroatoms. The first-order chi connectivity index (χ1) is 17.7. The van der Waals surface area contributed by atoms with Crippen molar-refractivity contribution in [1.82, 2.24) is 4.98 Å². The van der Waals surface area contributed by atoms with E-state index >= 15 is 0 Å². The van der Waals surface area contributed by atoms with E-state index in [0.717, 1.165) is 31.0 Å². The maximum atomic E-state index is 13.1. The van der Waals surface area contributed by atoms with E-state index in [9.17, 15) is 4.79 Å². The fourth-order valence-corrected chi connectivity index (χ4v) is 6.76. The van der Waals surface area contributed by atoms with Crippen LogP contribution in [0.15, 0.2) is 126 Å². The molecule has 1 aromatic heterocycles. The molecule has 0 saturated carbocycles. The summed E-state index contributed by atoms with van der Waals surface area (Å²) in [7, 11) is 0. The third-order valence-electron chi connectivity index (χ3n) is 6.08. The number of carbonyl (C=O) groups excluding carboxylic acids is 1. The van der Waals surface area contributed by atoms with Gasteiger partial charge in [0.2, 0.25) is 0 Å². The lowest BCUT2D eigenvalue weighted by molar-refractivity contribution is 0.102. The van der Waals surface area contributed by atoms with Crippen molar-refractivity contribution < 1.29 is 4.79 Å². The summed E-state index contributed by atoms with van der Waals surface area (Å²) in [6, 6.07) is 40.7. The van der Waals surface area contributed by atoms with Crippen molar-refractivity contribution in [2.24, 2.45) is 0 Å². The van der Waals surface area contributed by atoms with E-state index in [1.807, 2.05) is 72.8 Å². The topological polar surface area (TPSA) is 42.0 Å². The Bertz CT molecular complexity index is 1620. The molecule has 5 aromatic carbocycles. The van der Waals surface area contributed by atoms with Gasteiger partial charge in [-0.3, -0.25) is 4.79 Å². The number of rotatable bonds is 6. The molecule has 0 aliphatic carbocycles. The largest absolute Gasteiger partial charge is 0.322 e. The van der Waals surface area contributed by atoms with Gasteiger partial charge in [0.25, 0.3) is 5.91 Å². The molecule has 6 rings (SSSR count). The number of hydrogen-bond donors (Lipinski definition) is 1. The third kappa shape index (κ3) is 4.63. The number of thioether (sulfide) groups is 1. The summed E-state index contributed by atoms with van der Waals surface area (Å²) in [4.78, 5) is 18.0. The molecule has 0 spiro atoms. The molecule has 174 valence electrons. The molecule has 36 heavy (non-hydrogen) atoms. The molecule has 0 bridgehead atoms. The zero-order chi connectivity index (χ0) is 24.3. The van der Waals surface area contributed by atoms with Crippen molar-refractivity contribution in [3.63, 3.8) is 0 Å². The molecule has 6 aromatic rings. The van der Waals surface area contributed by atoms with Gasteiger partial charge in [-0.1, -0.05) is 109 Å². The molecule has 0 saturated heterocycles. The average molecular weight is 503 g/mol. The van der Waals surface area contributed by atoms with Gasteiger partial charge in [0, 0.05) is 11.3 Å². The highest BCUT2D eigenvalue weighted by Gasteiger charge is 2.18. The maximum absolute atomic E-state index is 13.1. The SMILES string of the molecule is O=C(Nc1ccc2nc(SC(c3ccccc3)c3ccccc3)sc2c1)c1cccc2ccccc12. The van der Waals surface area contributed by atoms with Crippen molar-refractivity contribution in [1.29, 1.82) is 0 Å². The van der Waals surface area contributed by atoms with E-state index in [1.54, 1.807) is 23.1 Å². The molecule has 0 aliphatic rings. The quantitative estimate of drug-likeness (QED) is 0.232. The van der Waals surface area contributed by atoms with Crippen LogP contribution in [0.1, 0.15) is 26.7 Å². The van der Waals surface area contributed by atoms with Gasteiger partial charge in [-0.25, -0.2) is 4.98 Å². The number of amides is 1. The lowest BCUT2D eigenvalue weighted by atomic mass is 10.0. The molecule has 0 radical (unpaired) electrons. The van der Waals surface area contributed by atoms with Crippen LogP contribution < -0.4 is 5.32 Å². The first-order valence-electron chi connectivity index (χ1n) is 11.7. The monoisotopic (exact) mass is 502 g/mol. The molecule has 3 nitrogen and oxygen atoms in total. The van der Waals surface area contributed by atoms with Gasteiger partial charge < -0.3 is 5.32 Å². The lowest BCUT2D eigenvalue weighted by Crippen LogP contribution is -2.12. The second-order valence-corrected chi connectivity index (χ2v) is 10.8. The summed E-state index contributed by atoms with van der Waals surface area (Å²) in [5, 5.41) is 5.23. The zero-order valence-electron chi connectivity index (χ0n) is 19.3. The number of hydrogen-bond acceptors (Lipinski definition) is 4. The van der Waals surface area contributed by atoms with Gasteiger partial charge in [-0.2, -0.15) is 0 Å². The molecule has 0 aliphatic heterocycles. The minimum Gasteiger partial charge on any atom is -0.322 e. The lowest BCUT2D eigenvalue weighted by Gasteiger charge is -2.16. The van der Waals surface area contributed by atoms with E-state index < -0.39 is 0 Å². The van der Waals surface area contributed by atoms with Gasteiger partial charge in [0.1, 0.15) is 0 Å². The van der Waals surface area contributed by atoms with E-state index in [2.05, 4.69) is 53.8 Å². The fourth-order valence-electron chi connectivity index (χ4n) is 4.34. The van der Waals surface area contributed by atoms with Gasteiger partial charge >= 0.3 is 0 Å². The summed E-state index contributed by atoms with van der Waals surface area (Å²) >= 11 is 3.41. The predicted octanol–water partition coefficient (Wildman–Crippen LogP) is 8.58. The summed E-state index contributed by atoms with van der Waals surface area (Å²) in [5.74, 6) is -0.113. The van der Waals surface area contributed by atoms with Crippen LogP contribution in [-0.2, 0) is 0 Å². The van der Waals surface area contributed by atoms with E-state index in [4.69, 9.17) is 4.98 Å². The summed E-state index contributed by atoms with van der Waals surface area (Å²) < 4.78 is 2.05. The number of thiazole rings is 1. The van der Waals surface area contributed by atoms with Gasteiger partial charge in [-0.05, 0) is 46.2 Å². The standard InChI is InChI=1S/C31H22N2OS2/c34-30(26-17-9-15-21-10-7-8-16-25(21)26)32-24-18-19-27-28(20-24)35-31(33-27)36-29(22-11-3-1-4-12-22)23-13-5-2-6-14-23/h1-20,29H,(H,32,34). The Kier molecular flexibility index (Phi) is 6.24. The Morgan fingerprint density at radius 3 is 2.17 bits per heavy atom. The molecule has 0 atom stereocenters. The Hall–Kier alpha value is -3.93. The number of aromatic nitrogens is 1. The Balaban J connectivity index is 1.27. The molecule has 1 N–H and O–H groups in total. The van der Waals surface area contributed by atoms with Crippen LogP contribution in [0.3, 0.4) is 0 Å². The van der Waals surface area contributed by atoms with Crippen molar-refractivity contribution in [3.05, 3.63) is 138 Å². The Morgan fingerprint density at radius 1 is 0.750 bits per heavy atom. The highest BCUT2D eigenvalue weighted by Crippen LogP contribution is 2.43. The highest BCUT2D eigenvalue weighted by molar-refractivity contribution is 8.01. The minimum atomic E-state index is -0.113. The number of nitrogens with one attached hydrogen (secondary N) is 1. The van der Waals surface area contributed by atoms with Gasteiger partial charge in [-0.15, -0.1) is 11.3 Å². The molecule has 1 heterocycles. The van der Waals surface area contributed by atoms with Crippen LogP contribution in [0.2, 0.25) is 0 Å². The molecular weight excluding hydrogens is 480 g/mol. The third-order valence-corrected chi connectivity index (χ3v) is 8.51. The van der Waals surface area contributed by atoms with Crippen LogP contribution in [0.5, 0.6) is 0 Å². The average Bonchev–Trinajstić information content (AvgIpc) is 3.34. The van der Waals surface area contributed by atoms with Crippen LogP contribution >= 0.6 is 23.1 Å². The normalized spacial score (nSPS) is 11.2. The van der Waals surface area contributed by atoms with Crippen LogP contribution in [-0.4, -0.2) is 10.9 Å². The van der Waals surface area contributed by atoms with Crippen LogP contribution in [0, 0.1) is 0 Å². The van der Waals surface area contributed by atoms with E-state index in [1.165, 1.54) is 11.1 Å². The fraction of sp³-hybridized carbons (Fsp3) is 0.0323. The maximum Gasteiger partial charge on any atom is 0.256 e. The molecule has 0 fully saturated rings. The first-order valence-corrected chi connectivity index (χ1v) is 13.4. The highest BCUT2D eigenvalue weighted by atomic mass is 32.2. The summed E-state index contributed by atoms with van der Waals surface area (Å²) in [5.41, 5.74) is 4.86. The first kappa shape index (κ1) is 22.5. The summed E-state index contributed by atoms with van der Waals surface area (Å²) in [6.07, 6.45) is 0. The van der Waals surface area contributed by atoms with Crippen molar-refractivity contribution in [3.8, 4) is 0 Å². The van der Waals surface area contributed by atoms with Crippen LogP contribution in [0.25, 0.3) is 21.0 Å². The number of nitrogens with zero attached hydrogens (tertiary/aromatic N) is 1. The van der Waals surface area contributed by atoms with E-state index in [0.29, 0.717) is 5.56 Å². The summed E-state index contributed by atoms with van der Waals surface area (Å²) in [6.45, 7) is 0. The van der Waals surface area contributed by atoms with Gasteiger partial charge in [0.15, 0.2) is 4.34 Å². The zero-order valence-corrected chi connectivity index (χ0v) is 20.9. The minimum absolute atomic E-state index is 0.113. The van der Waals surface area contributed by atoms with Crippen molar-refractivity contribution >= 4 is 55.7 Å². The van der Waals surface area contributed by atoms with Crippen molar-refractivity contribution in [2.75, 3.05) is 5.32 Å². The van der Waals surface area contributed by atoms with E-state index in [-0.39, 0.29) is 11.2 Å². The number of fused-ring (bicyclic) bond motifs is 2. The molecule has 1 amide bonds.